The fraction of sp³-hybridized carbons (Fsp3) is 0.286. The van der Waals surface area contributed by atoms with Crippen molar-refractivity contribution in [3.8, 4) is 11.5 Å². The lowest BCUT2D eigenvalue weighted by Gasteiger charge is -2.23. The fourth-order valence-corrected chi connectivity index (χ4v) is 3.41. The first kappa shape index (κ1) is 19.7. The van der Waals surface area contributed by atoms with Crippen LogP contribution in [0.5, 0.6) is 11.5 Å². The van der Waals surface area contributed by atoms with Gasteiger partial charge in [-0.3, -0.25) is 14.5 Å². The fourth-order valence-electron chi connectivity index (χ4n) is 3.41. The molecule has 0 aliphatic carbocycles. The van der Waals surface area contributed by atoms with E-state index in [4.69, 9.17) is 9.47 Å². The molecule has 2 aromatic carbocycles. The average Bonchev–Trinajstić information content (AvgIpc) is 2.89. The lowest BCUT2D eigenvalue weighted by Crippen LogP contribution is -2.42. The van der Waals surface area contributed by atoms with Crippen LogP contribution in [0.25, 0.3) is 0 Å². The van der Waals surface area contributed by atoms with Gasteiger partial charge in [0.25, 0.3) is 5.91 Å². The molecule has 9 heteroatoms. The Bertz CT molecular complexity index is 1030. The number of nitrogens with one attached hydrogen (secondary N) is 2. The van der Waals surface area contributed by atoms with Gasteiger partial charge < -0.3 is 20.1 Å². The SMILES string of the molecule is C[C@]1(c2ccc3c(c2)OCCCO3)NC(=O)N(CC(=O)Nc2ccccc2F)C1=O. The average molecular weight is 413 g/mol. The number of imide groups is 1. The summed E-state index contributed by atoms with van der Waals surface area (Å²) in [6.07, 6.45) is 0.738. The Kier molecular flexibility index (Phi) is 5.03. The van der Waals surface area contributed by atoms with Crippen LogP contribution in [0, 0.1) is 5.82 Å². The summed E-state index contributed by atoms with van der Waals surface area (Å²) in [5.74, 6) is -0.834. The minimum absolute atomic E-state index is 0.0276. The zero-order chi connectivity index (χ0) is 21.3. The van der Waals surface area contributed by atoms with Crippen LogP contribution in [0.4, 0.5) is 14.9 Å². The van der Waals surface area contributed by atoms with Gasteiger partial charge in [0.15, 0.2) is 11.5 Å². The molecule has 2 heterocycles. The number of hydrogen-bond acceptors (Lipinski definition) is 5. The number of para-hydroxylation sites is 1. The van der Waals surface area contributed by atoms with Gasteiger partial charge in [0.1, 0.15) is 17.9 Å². The minimum Gasteiger partial charge on any atom is -0.490 e. The lowest BCUT2D eigenvalue weighted by atomic mass is 9.91. The summed E-state index contributed by atoms with van der Waals surface area (Å²) in [4.78, 5) is 38.6. The molecular weight excluding hydrogens is 393 g/mol. The highest BCUT2D eigenvalue weighted by Crippen LogP contribution is 2.36. The molecule has 2 aliphatic heterocycles. The monoisotopic (exact) mass is 413 g/mol. The highest BCUT2D eigenvalue weighted by atomic mass is 19.1. The Balaban J connectivity index is 1.52. The molecule has 0 unspecified atom stereocenters. The molecule has 1 saturated heterocycles. The molecule has 0 bridgehead atoms. The Labute approximate surface area is 171 Å². The van der Waals surface area contributed by atoms with Crippen molar-refractivity contribution in [2.45, 2.75) is 18.9 Å². The molecule has 4 rings (SSSR count). The third kappa shape index (κ3) is 3.54. The second kappa shape index (κ2) is 7.66. The predicted octanol–water partition coefficient (Wildman–Crippen LogP) is 2.39. The largest absolute Gasteiger partial charge is 0.490 e. The zero-order valence-electron chi connectivity index (χ0n) is 16.2. The van der Waals surface area contributed by atoms with Gasteiger partial charge in [-0.15, -0.1) is 0 Å². The summed E-state index contributed by atoms with van der Waals surface area (Å²) >= 11 is 0. The number of carbonyl (C=O) groups excluding carboxylic acids is 3. The number of halogens is 1. The maximum atomic E-state index is 13.7. The van der Waals surface area contributed by atoms with E-state index in [0.717, 1.165) is 11.3 Å². The van der Waals surface area contributed by atoms with Crippen molar-refractivity contribution in [3.05, 3.63) is 53.8 Å². The van der Waals surface area contributed by atoms with Gasteiger partial charge in [-0.2, -0.15) is 0 Å². The Hall–Kier alpha value is -3.62. The highest BCUT2D eigenvalue weighted by molar-refractivity contribution is 6.10. The Morgan fingerprint density at radius 3 is 2.67 bits per heavy atom. The van der Waals surface area contributed by atoms with E-state index in [1.54, 1.807) is 31.2 Å². The quantitative estimate of drug-likeness (QED) is 0.751. The molecule has 1 atom stereocenters. The first-order chi connectivity index (χ1) is 14.4. The number of benzene rings is 2. The summed E-state index contributed by atoms with van der Waals surface area (Å²) in [5, 5.41) is 5.01. The van der Waals surface area contributed by atoms with Crippen LogP contribution in [-0.4, -0.2) is 42.5 Å². The van der Waals surface area contributed by atoms with E-state index in [1.807, 2.05) is 0 Å². The first-order valence-corrected chi connectivity index (χ1v) is 9.47. The molecule has 30 heavy (non-hydrogen) atoms. The number of rotatable bonds is 4. The number of urea groups is 1. The number of fused-ring (bicyclic) bond motifs is 1. The van der Waals surface area contributed by atoms with Gasteiger partial charge in [-0.05, 0) is 36.8 Å². The van der Waals surface area contributed by atoms with Crippen LogP contribution in [-0.2, 0) is 15.1 Å². The molecule has 0 saturated carbocycles. The molecule has 8 nitrogen and oxygen atoms in total. The molecule has 2 N–H and O–H groups in total. The number of hydrogen-bond donors (Lipinski definition) is 2. The molecule has 156 valence electrons. The zero-order valence-corrected chi connectivity index (χ0v) is 16.2. The first-order valence-electron chi connectivity index (χ1n) is 9.47. The van der Waals surface area contributed by atoms with Crippen molar-refractivity contribution in [3.63, 3.8) is 0 Å². The van der Waals surface area contributed by atoms with Crippen LogP contribution >= 0.6 is 0 Å². The summed E-state index contributed by atoms with van der Waals surface area (Å²) in [7, 11) is 0. The molecular formula is C21H20FN3O5. The Morgan fingerprint density at radius 1 is 1.17 bits per heavy atom. The summed E-state index contributed by atoms with van der Waals surface area (Å²) in [5.41, 5.74) is -0.901. The van der Waals surface area contributed by atoms with Gasteiger partial charge in [0.05, 0.1) is 18.9 Å². The third-order valence-electron chi connectivity index (χ3n) is 5.05. The van der Waals surface area contributed by atoms with Gasteiger partial charge in [0.2, 0.25) is 5.91 Å². The normalized spacial score (nSPS) is 20.5. The molecule has 0 spiro atoms. The molecule has 0 aromatic heterocycles. The van der Waals surface area contributed by atoms with Gasteiger partial charge in [-0.25, -0.2) is 9.18 Å². The third-order valence-corrected chi connectivity index (χ3v) is 5.05. The maximum Gasteiger partial charge on any atom is 0.325 e. The van der Waals surface area contributed by atoms with Crippen molar-refractivity contribution in [2.75, 3.05) is 25.1 Å². The summed E-state index contributed by atoms with van der Waals surface area (Å²) in [6.45, 7) is 2.03. The Morgan fingerprint density at radius 2 is 1.90 bits per heavy atom. The second-order valence-corrected chi connectivity index (χ2v) is 7.19. The number of amides is 4. The van der Waals surface area contributed by atoms with Crippen molar-refractivity contribution in [1.82, 2.24) is 10.2 Å². The molecule has 4 amide bonds. The minimum atomic E-state index is -1.37. The van der Waals surface area contributed by atoms with Crippen LogP contribution in [0.3, 0.4) is 0 Å². The maximum absolute atomic E-state index is 13.7. The van der Waals surface area contributed by atoms with Crippen LogP contribution < -0.4 is 20.1 Å². The van der Waals surface area contributed by atoms with Crippen molar-refractivity contribution < 1.29 is 28.2 Å². The second-order valence-electron chi connectivity index (χ2n) is 7.19. The standard InChI is InChI=1S/C21H20FN3O5/c1-21(13-7-8-16-17(11-13)30-10-4-9-29-16)19(27)25(20(28)24-21)12-18(26)23-15-6-3-2-5-14(15)22/h2-3,5-8,11H,4,9-10,12H2,1H3,(H,23,26)(H,24,28)/t21-/m1/s1. The highest BCUT2D eigenvalue weighted by Gasteiger charge is 2.49. The number of ether oxygens (including phenoxy) is 2. The van der Waals surface area contributed by atoms with Crippen molar-refractivity contribution >= 4 is 23.5 Å². The molecule has 0 radical (unpaired) electrons. The van der Waals surface area contributed by atoms with Crippen LogP contribution in [0.15, 0.2) is 42.5 Å². The van der Waals surface area contributed by atoms with Crippen LogP contribution in [0.2, 0.25) is 0 Å². The molecule has 2 aliphatic rings. The van der Waals surface area contributed by atoms with Crippen molar-refractivity contribution in [1.29, 1.82) is 0 Å². The van der Waals surface area contributed by atoms with Gasteiger partial charge in [-0.1, -0.05) is 18.2 Å². The van der Waals surface area contributed by atoms with E-state index in [9.17, 15) is 18.8 Å². The van der Waals surface area contributed by atoms with E-state index >= 15 is 0 Å². The topological polar surface area (TPSA) is 97.0 Å². The summed E-state index contributed by atoms with van der Waals surface area (Å²) in [6, 6.07) is 9.95. The number of anilines is 1. The van der Waals surface area contributed by atoms with E-state index in [2.05, 4.69) is 10.6 Å². The van der Waals surface area contributed by atoms with Gasteiger partial charge in [0, 0.05) is 6.42 Å². The number of carbonyl (C=O) groups is 3. The molecule has 1 fully saturated rings. The van der Waals surface area contributed by atoms with E-state index in [1.165, 1.54) is 18.2 Å². The van der Waals surface area contributed by atoms with Gasteiger partial charge >= 0.3 is 6.03 Å². The van der Waals surface area contributed by atoms with E-state index in [-0.39, 0.29) is 5.69 Å². The molecule has 2 aromatic rings. The van der Waals surface area contributed by atoms with E-state index < -0.39 is 35.7 Å². The van der Waals surface area contributed by atoms with Crippen LogP contribution in [0.1, 0.15) is 18.9 Å². The predicted molar refractivity (Wildman–Crippen MR) is 105 cm³/mol. The smallest absolute Gasteiger partial charge is 0.325 e. The van der Waals surface area contributed by atoms with Crippen molar-refractivity contribution in [2.24, 2.45) is 0 Å². The summed E-state index contributed by atoms with van der Waals surface area (Å²) < 4.78 is 25.0. The van der Waals surface area contributed by atoms with E-state index in [0.29, 0.717) is 30.3 Å². The number of nitrogens with zero attached hydrogens (tertiary/aromatic N) is 1. The lowest BCUT2D eigenvalue weighted by molar-refractivity contribution is -0.133.